The Morgan fingerprint density at radius 2 is 2.43 bits per heavy atom. The molecule has 0 aromatic rings. The molecule has 42 valence electrons. The fraction of sp³-hybridized carbons (Fsp3) is 0.800. The first-order chi connectivity index (χ1) is 3.41. The third-order valence-corrected chi connectivity index (χ3v) is 0.674. The molecule has 0 spiro atoms. The van der Waals surface area contributed by atoms with E-state index < -0.39 is 0 Å². The van der Waals surface area contributed by atoms with Gasteiger partial charge in [-0.2, -0.15) is 0 Å². The Morgan fingerprint density at radius 3 is 2.86 bits per heavy atom. The molecule has 0 aromatic heterocycles. The van der Waals surface area contributed by atoms with Gasteiger partial charge in [0.25, 0.3) is 0 Å². The van der Waals surface area contributed by atoms with Crippen LogP contribution in [0.5, 0.6) is 0 Å². The zero-order chi connectivity index (χ0) is 5.54. The van der Waals surface area contributed by atoms with Crippen LogP contribution < -0.4 is 5.73 Å². The predicted molar refractivity (Wildman–Crippen MR) is 32.7 cm³/mol. The number of hydrogen-bond donors (Lipinski definition) is 1. The van der Waals surface area contributed by atoms with Gasteiger partial charge in [-0.25, -0.2) is 0 Å². The monoisotopic (exact) mass is 100 g/mol. The topological polar surface area (TPSA) is 38.4 Å². The molecule has 0 unspecified atom stereocenters. The lowest BCUT2D eigenvalue weighted by Gasteiger charge is -1.84. The van der Waals surface area contributed by atoms with E-state index in [1.807, 2.05) is 6.92 Å². The minimum absolute atomic E-state index is 0.747. The molecule has 0 atom stereocenters. The van der Waals surface area contributed by atoms with Crippen molar-refractivity contribution in [2.45, 2.75) is 13.3 Å². The molecule has 0 saturated heterocycles. The van der Waals surface area contributed by atoms with Gasteiger partial charge >= 0.3 is 0 Å². The van der Waals surface area contributed by atoms with Crippen LogP contribution in [0.1, 0.15) is 13.3 Å². The molecular formula is C5H12N2. The van der Waals surface area contributed by atoms with Crippen LogP contribution in [-0.2, 0) is 0 Å². The second kappa shape index (κ2) is 5.63. The minimum atomic E-state index is 0.747. The van der Waals surface area contributed by atoms with Gasteiger partial charge in [0.2, 0.25) is 0 Å². The van der Waals surface area contributed by atoms with Crippen molar-refractivity contribution in [3.63, 3.8) is 0 Å². The van der Waals surface area contributed by atoms with E-state index in [4.69, 9.17) is 5.73 Å². The fourth-order valence-electron chi connectivity index (χ4n) is 0.312. The van der Waals surface area contributed by atoms with Crippen LogP contribution in [0, 0.1) is 0 Å². The van der Waals surface area contributed by atoms with E-state index in [1.54, 1.807) is 6.21 Å². The van der Waals surface area contributed by atoms with Gasteiger partial charge in [-0.1, -0.05) is 0 Å². The Bertz CT molecular complexity index is 50.0. The minimum Gasteiger partial charge on any atom is -0.330 e. The van der Waals surface area contributed by atoms with Crippen molar-refractivity contribution in [2.75, 3.05) is 13.1 Å². The highest BCUT2D eigenvalue weighted by atomic mass is 14.7. The lowest BCUT2D eigenvalue weighted by Crippen LogP contribution is -1.99. The van der Waals surface area contributed by atoms with Crippen molar-refractivity contribution in [3.8, 4) is 0 Å². The van der Waals surface area contributed by atoms with E-state index in [1.165, 1.54) is 0 Å². The predicted octanol–water partition coefficient (Wildman–Crippen LogP) is 0.426. The quantitative estimate of drug-likeness (QED) is 0.405. The van der Waals surface area contributed by atoms with Crippen molar-refractivity contribution in [3.05, 3.63) is 0 Å². The molecule has 0 aliphatic rings. The van der Waals surface area contributed by atoms with E-state index in [-0.39, 0.29) is 0 Å². The normalized spacial score (nSPS) is 10.6. The maximum Gasteiger partial charge on any atom is 0.0397 e. The third-order valence-electron chi connectivity index (χ3n) is 0.674. The summed E-state index contributed by atoms with van der Waals surface area (Å²) < 4.78 is 0. The molecule has 0 aliphatic heterocycles. The van der Waals surface area contributed by atoms with E-state index in [0.29, 0.717) is 0 Å². The van der Waals surface area contributed by atoms with Gasteiger partial charge in [0, 0.05) is 6.54 Å². The van der Waals surface area contributed by atoms with Crippen molar-refractivity contribution in [2.24, 2.45) is 10.7 Å². The van der Waals surface area contributed by atoms with E-state index in [9.17, 15) is 0 Å². The second-order valence-corrected chi connectivity index (χ2v) is 1.31. The van der Waals surface area contributed by atoms with Gasteiger partial charge in [0.1, 0.15) is 0 Å². The molecule has 0 saturated carbocycles. The summed E-state index contributed by atoms with van der Waals surface area (Å²) >= 11 is 0. The molecule has 0 amide bonds. The Labute approximate surface area is 44.4 Å². The highest BCUT2D eigenvalue weighted by Crippen LogP contribution is 1.72. The number of nitrogens with zero attached hydrogens (tertiary/aromatic N) is 1. The average Bonchev–Trinajstić information content (AvgIpc) is 1.69. The summed E-state index contributed by atoms with van der Waals surface area (Å²) in [4.78, 5) is 3.96. The molecule has 0 fully saturated rings. The van der Waals surface area contributed by atoms with Gasteiger partial charge in [-0.05, 0) is 26.1 Å². The van der Waals surface area contributed by atoms with Gasteiger partial charge in [-0.15, -0.1) is 0 Å². The molecule has 2 nitrogen and oxygen atoms in total. The Kier molecular flexibility index (Phi) is 5.33. The lowest BCUT2D eigenvalue weighted by atomic mass is 10.4. The molecule has 0 radical (unpaired) electrons. The van der Waals surface area contributed by atoms with Crippen LogP contribution in [-0.4, -0.2) is 19.3 Å². The first-order valence-electron chi connectivity index (χ1n) is 2.56. The molecular weight excluding hydrogens is 88.1 g/mol. The van der Waals surface area contributed by atoms with Gasteiger partial charge < -0.3 is 5.73 Å². The molecule has 0 bridgehead atoms. The Balaban J connectivity index is 2.69. The van der Waals surface area contributed by atoms with Gasteiger partial charge in [0.15, 0.2) is 0 Å². The molecule has 7 heavy (non-hydrogen) atoms. The molecule has 0 aliphatic carbocycles. The van der Waals surface area contributed by atoms with Crippen LogP contribution >= 0.6 is 0 Å². The number of nitrogens with two attached hydrogens (primary N) is 1. The summed E-state index contributed by atoms with van der Waals surface area (Å²) in [5, 5.41) is 0. The van der Waals surface area contributed by atoms with Crippen molar-refractivity contribution in [1.82, 2.24) is 0 Å². The number of aliphatic imine (C=N–C) groups is 1. The van der Waals surface area contributed by atoms with Crippen molar-refractivity contribution in [1.29, 1.82) is 0 Å². The summed E-state index contributed by atoms with van der Waals surface area (Å²) in [6.45, 7) is 3.54. The summed E-state index contributed by atoms with van der Waals surface area (Å²) in [7, 11) is 0. The zero-order valence-corrected chi connectivity index (χ0v) is 4.72. The summed E-state index contributed by atoms with van der Waals surface area (Å²) in [6, 6.07) is 0. The van der Waals surface area contributed by atoms with Crippen molar-refractivity contribution >= 4 is 6.21 Å². The van der Waals surface area contributed by atoms with E-state index in [2.05, 4.69) is 4.99 Å². The fourth-order valence-corrected chi connectivity index (χ4v) is 0.312. The number of hydrogen-bond acceptors (Lipinski definition) is 2. The Hall–Kier alpha value is -0.370. The number of rotatable bonds is 3. The first-order valence-corrected chi connectivity index (χ1v) is 2.56. The average molecular weight is 100 g/mol. The van der Waals surface area contributed by atoms with Gasteiger partial charge in [0.05, 0.1) is 0 Å². The second-order valence-electron chi connectivity index (χ2n) is 1.31. The largest absolute Gasteiger partial charge is 0.330 e. The maximum atomic E-state index is 5.20. The van der Waals surface area contributed by atoms with Crippen molar-refractivity contribution < 1.29 is 0 Å². The summed E-state index contributed by atoms with van der Waals surface area (Å²) in [6.07, 6.45) is 2.81. The highest BCUT2D eigenvalue weighted by Gasteiger charge is 1.73. The van der Waals surface area contributed by atoms with E-state index in [0.717, 1.165) is 19.5 Å². The summed E-state index contributed by atoms with van der Waals surface area (Å²) in [5.74, 6) is 0. The molecule has 0 rings (SSSR count). The van der Waals surface area contributed by atoms with Gasteiger partial charge in [-0.3, -0.25) is 4.99 Å². The standard InChI is InChI=1S/C5H12N2/c1-2-7-5-3-4-6/h2H,3-6H2,1H3. The highest BCUT2D eigenvalue weighted by molar-refractivity contribution is 5.53. The molecule has 2 N–H and O–H groups in total. The smallest absolute Gasteiger partial charge is 0.0397 e. The molecule has 0 aromatic carbocycles. The lowest BCUT2D eigenvalue weighted by molar-refractivity contribution is 0.847. The van der Waals surface area contributed by atoms with Crippen LogP contribution in [0.3, 0.4) is 0 Å². The molecule has 2 heteroatoms. The maximum absolute atomic E-state index is 5.20. The SMILES string of the molecule is CC=NCCCN. The first kappa shape index (κ1) is 6.63. The summed E-state index contributed by atoms with van der Waals surface area (Å²) in [5.41, 5.74) is 5.20. The van der Waals surface area contributed by atoms with Crippen LogP contribution in [0.25, 0.3) is 0 Å². The van der Waals surface area contributed by atoms with Crippen LogP contribution in [0.4, 0.5) is 0 Å². The Morgan fingerprint density at radius 1 is 1.71 bits per heavy atom. The van der Waals surface area contributed by atoms with Crippen LogP contribution in [0.15, 0.2) is 4.99 Å². The van der Waals surface area contributed by atoms with Crippen LogP contribution in [0.2, 0.25) is 0 Å². The molecule has 0 heterocycles. The zero-order valence-electron chi connectivity index (χ0n) is 4.72. The third kappa shape index (κ3) is 5.63. The van der Waals surface area contributed by atoms with E-state index >= 15 is 0 Å².